The molecule has 0 saturated carbocycles. The number of aromatic nitrogens is 1. The molecule has 25 heavy (non-hydrogen) atoms. The molecule has 1 heterocycles. The number of thioether (sulfide) groups is 1. The first-order chi connectivity index (χ1) is 12.2. The number of halogens is 1. The lowest BCUT2D eigenvalue weighted by Crippen LogP contribution is -2.14. The monoisotopic (exact) mass is 359 g/mol. The standard InChI is InChI=1S/C18H18FN3O2S/c19-14-6-1-2-8-16(14)25-13-9-17(23)22-18-15(7-5-11-21-18)24-12-4-3-10-20/h1-2,5-8,11H,3-4,9,12-13H2,(H,21,22,23). The second-order valence-electron chi connectivity index (χ2n) is 5.04. The fourth-order valence-corrected chi connectivity index (χ4v) is 2.83. The van der Waals surface area contributed by atoms with Crippen LogP contribution >= 0.6 is 11.8 Å². The minimum atomic E-state index is -0.286. The number of unbranched alkanes of at least 4 members (excludes halogenated alkanes) is 1. The number of carbonyl (C=O) groups excluding carboxylic acids is 1. The van der Waals surface area contributed by atoms with E-state index in [0.29, 0.717) is 41.7 Å². The fraction of sp³-hybridized carbons (Fsp3) is 0.278. The molecule has 0 fully saturated rings. The van der Waals surface area contributed by atoms with Gasteiger partial charge in [-0.25, -0.2) is 9.37 Å². The number of nitrogens with zero attached hydrogens (tertiary/aromatic N) is 2. The number of hydrogen-bond acceptors (Lipinski definition) is 5. The molecule has 0 saturated heterocycles. The fourth-order valence-electron chi connectivity index (χ4n) is 1.94. The number of pyridine rings is 1. The second kappa shape index (κ2) is 10.3. The van der Waals surface area contributed by atoms with Crippen LogP contribution in [-0.2, 0) is 4.79 Å². The van der Waals surface area contributed by atoms with E-state index in [9.17, 15) is 9.18 Å². The van der Waals surface area contributed by atoms with Gasteiger partial charge in [-0.3, -0.25) is 4.79 Å². The number of hydrogen-bond donors (Lipinski definition) is 1. The predicted molar refractivity (Wildman–Crippen MR) is 94.9 cm³/mol. The van der Waals surface area contributed by atoms with Gasteiger partial charge in [0.05, 0.1) is 12.7 Å². The van der Waals surface area contributed by atoms with Gasteiger partial charge in [-0.2, -0.15) is 5.26 Å². The van der Waals surface area contributed by atoms with E-state index in [2.05, 4.69) is 10.3 Å². The van der Waals surface area contributed by atoms with E-state index in [0.717, 1.165) is 0 Å². The number of rotatable bonds is 9. The van der Waals surface area contributed by atoms with Crippen molar-refractivity contribution in [2.45, 2.75) is 24.2 Å². The number of nitrogens with one attached hydrogen (secondary N) is 1. The van der Waals surface area contributed by atoms with Crippen LogP contribution in [0.2, 0.25) is 0 Å². The van der Waals surface area contributed by atoms with Crippen molar-refractivity contribution in [3.05, 3.63) is 48.4 Å². The lowest BCUT2D eigenvalue weighted by molar-refractivity contribution is -0.115. The summed E-state index contributed by atoms with van der Waals surface area (Å²) in [4.78, 5) is 16.7. The Kier molecular flexibility index (Phi) is 7.73. The Morgan fingerprint density at radius 2 is 2.16 bits per heavy atom. The summed E-state index contributed by atoms with van der Waals surface area (Å²) in [5.41, 5.74) is 0. The van der Waals surface area contributed by atoms with Gasteiger partial charge in [-0.15, -0.1) is 11.8 Å². The van der Waals surface area contributed by atoms with E-state index < -0.39 is 0 Å². The topological polar surface area (TPSA) is 75.0 Å². The minimum Gasteiger partial charge on any atom is -0.490 e. The maximum Gasteiger partial charge on any atom is 0.226 e. The van der Waals surface area contributed by atoms with E-state index in [1.165, 1.54) is 17.8 Å². The summed E-state index contributed by atoms with van der Waals surface area (Å²) in [6, 6.07) is 11.9. The van der Waals surface area contributed by atoms with Crippen molar-refractivity contribution in [1.29, 1.82) is 5.26 Å². The van der Waals surface area contributed by atoms with Crippen LogP contribution in [0, 0.1) is 17.1 Å². The molecule has 1 amide bonds. The Bertz CT molecular complexity index is 749. The third-order valence-electron chi connectivity index (χ3n) is 3.14. The van der Waals surface area contributed by atoms with Gasteiger partial charge in [0.2, 0.25) is 5.91 Å². The zero-order valence-electron chi connectivity index (χ0n) is 13.6. The van der Waals surface area contributed by atoms with Crippen LogP contribution in [-0.4, -0.2) is 23.3 Å². The maximum atomic E-state index is 13.5. The third kappa shape index (κ3) is 6.43. The van der Waals surface area contributed by atoms with Gasteiger partial charge in [0.15, 0.2) is 11.6 Å². The van der Waals surface area contributed by atoms with E-state index in [-0.39, 0.29) is 18.1 Å². The summed E-state index contributed by atoms with van der Waals surface area (Å²) in [6.07, 6.45) is 2.81. The number of amides is 1. The van der Waals surface area contributed by atoms with Crippen LogP contribution < -0.4 is 10.1 Å². The number of nitriles is 1. The molecule has 7 heteroatoms. The molecular weight excluding hydrogens is 341 g/mol. The highest BCUT2D eigenvalue weighted by atomic mass is 32.2. The maximum absolute atomic E-state index is 13.5. The summed E-state index contributed by atoms with van der Waals surface area (Å²) in [5, 5.41) is 11.2. The van der Waals surface area contributed by atoms with Crippen LogP contribution in [0.4, 0.5) is 10.2 Å². The molecule has 0 radical (unpaired) electrons. The summed E-state index contributed by atoms with van der Waals surface area (Å²) < 4.78 is 19.1. The molecule has 5 nitrogen and oxygen atoms in total. The SMILES string of the molecule is N#CCCCOc1cccnc1NC(=O)CCSc1ccccc1F. The molecule has 1 N–H and O–H groups in total. The van der Waals surface area contributed by atoms with E-state index >= 15 is 0 Å². The van der Waals surface area contributed by atoms with Gasteiger partial charge in [-0.1, -0.05) is 12.1 Å². The van der Waals surface area contributed by atoms with Gasteiger partial charge in [0.25, 0.3) is 0 Å². The molecule has 1 aromatic heterocycles. The van der Waals surface area contributed by atoms with Crippen LogP contribution in [0.5, 0.6) is 5.75 Å². The van der Waals surface area contributed by atoms with E-state index in [4.69, 9.17) is 10.00 Å². The van der Waals surface area contributed by atoms with E-state index in [1.807, 2.05) is 6.07 Å². The Morgan fingerprint density at radius 3 is 2.96 bits per heavy atom. The molecule has 0 aliphatic rings. The molecule has 2 rings (SSSR count). The first kappa shape index (κ1) is 18.7. The lowest BCUT2D eigenvalue weighted by atomic mass is 10.3. The Balaban J connectivity index is 1.82. The highest BCUT2D eigenvalue weighted by Gasteiger charge is 2.10. The van der Waals surface area contributed by atoms with Crippen LogP contribution in [0.3, 0.4) is 0 Å². The van der Waals surface area contributed by atoms with Crippen molar-refractivity contribution >= 4 is 23.5 Å². The highest BCUT2D eigenvalue weighted by molar-refractivity contribution is 7.99. The average molecular weight is 359 g/mol. The number of anilines is 1. The van der Waals surface area contributed by atoms with Crippen molar-refractivity contribution < 1.29 is 13.9 Å². The summed E-state index contributed by atoms with van der Waals surface area (Å²) in [7, 11) is 0. The predicted octanol–water partition coefficient (Wildman–Crippen LogP) is 4.02. The number of carbonyl (C=O) groups is 1. The molecule has 0 bridgehead atoms. The highest BCUT2D eigenvalue weighted by Crippen LogP contribution is 2.23. The normalized spacial score (nSPS) is 10.1. The quantitative estimate of drug-likeness (QED) is 0.540. The van der Waals surface area contributed by atoms with Crippen molar-refractivity contribution in [2.24, 2.45) is 0 Å². The smallest absolute Gasteiger partial charge is 0.226 e. The summed E-state index contributed by atoms with van der Waals surface area (Å²) >= 11 is 1.29. The molecule has 0 atom stereocenters. The van der Waals surface area contributed by atoms with Crippen LogP contribution in [0.25, 0.3) is 0 Å². The Hall–Kier alpha value is -2.59. The second-order valence-corrected chi connectivity index (χ2v) is 6.17. The van der Waals surface area contributed by atoms with Crippen molar-refractivity contribution in [1.82, 2.24) is 4.98 Å². The zero-order chi connectivity index (χ0) is 17.9. The van der Waals surface area contributed by atoms with Crippen molar-refractivity contribution in [3.8, 4) is 11.8 Å². The number of benzene rings is 1. The third-order valence-corrected chi connectivity index (χ3v) is 4.19. The Morgan fingerprint density at radius 1 is 1.32 bits per heavy atom. The van der Waals surface area contributed by atoms with Gasteiger partial charge < -0.3 is 10.1 Å². The minimum absolute atomic E-state index is 0.218. The summed E-state index contributed by atoms with van der Waals surface area (Å²) in [5.74, 6) is 0.767. The van der Waals surface area contributed by atoms with Gasteiger partial charge >= 0.3 is 0 Å². The van der Waals surface area contributed by atoms with Gasteiger partial charge in [-0.05, 0) is 30.7 Å². The molecule has 0 spiro atoms. The van der Waals surface area contributed by atoms with Crippen molar-refractivity contribution in [3.63, 3.8) is 0 Å². The lowest BCUT2D eigenvalue weighted by Gasteiger charge is -2.11. The largest absolute Gasteiger partial charge is 0.490 e. The zero-order valence-corrected chi connectivity index (χ0v) is 14.4. The molecule has 2 aromatic rings. The Labute approximate surface area is 150 Å². The first-order valence-corrected chi connectivity index (χ1v) is 8.81. The average Bonchev–Trinajstić information content (AvgIpc) is 2.62. The van der Waals surface area contributed by atoms with E-state index in [1.54, 1.807) is 36.5 Å². The molecule has 0 aliphatic carbocycles. The summed E-state index contributed by atoms with van der Waals surface area (Å²) in [6.45, 7) is 0.380. The molecule has 130 valence electrons. The van der Waals surface area contributed by atoms with Crippen molar-refractivity contribution in [2.75, 3.05) is 17.7 Å². The van der Waals surface area contributed by atoms with Gasteiger partial charge in [0, 0.05) is 29.7 Å². The molecule has 0 unspecified atom stereocenters. The molecule has 1 aromatic carbocycles. The van der Waals surface area contributed by atoms with Crippen LogP contribution in [0.15, 0.2) is 47.5 Å². The molecular formula is C18H18FN3O2S. The van der Waals surface area contributed by atoms with Crippen LogP contribution in [0.1, 0.15) is 19.3 Å². The number of ether oxygens (including phenoxy) is 1. The molecule has 0 aliphatic heterocycles. The van der Waals surface area contributed by atoms with Gasteiger partial charge in [0.1, 0.15) is 5.82 Å². The first-order valence-electron chi connectivity index (χ1n) is 7.82.